The van der Waals surface area contributed by atoms with E-state index in [1.165, 1.54) is 18.0 Å². The summed E-state index contributed by atoms with van der Waals surface area (Å²) < 4.78 is 53.9. The summed E-state index contributed by atoms with van der Waals surface area (Å²) in [4.78, 5) is 5.78. The maximum Gasteiger partial charge on any atom is 0.194 e. The van der Waals surface area contributed by atoms with E-state index in [0.29, 0.717) is 38.5 Å². The van der Waals surface area contributed by atoms with Gasteiger partial charge in [0, 0.05) is 25.5 Å². The highest BCUT2D eigenvalue weighted by Crippen LogP contribution is 2.41. The Balaban J connectivity index is 1.37. The molecule has 5 atom stereocenters. The number of aliphatic hydroxyl groups excluding tert-OH is 3. The Bertz CT molecular complexity index is 1130. The van der Waals surface area contributed by atoms with Gasteiger partial charge in [0.1, 0.15) is 35.6 Å². The van der Waals surface area contributed by atoms with Gasteiger partial charge >= 0.3 is 0 Å². The fourth-order valence-corrected chi connectivity index (χ4v) is 5.52. The first-order valence-electron chi connectivity index (χ1n) is 12.2. The Kier molecular flexibility index (Phi) is 7.24. The molecule has 0 amide bonds. The molecule has 13 heteroatoms. The monoisotopic (exact) mass is 526 g/mol. The van der Waals surface area contributed by atoms with Gasteiger partial charge in [-0.15, -0.1) is 5.10 Å². The lowest BCUT2D eigenvalue weighted by atomic mass is 9.79. The number of ether oxygens (including phenoxy) is 2. The third-order valence-electron chi connectivity index (χ3n) is 7.53. The van der Waals surface area contributed by atoms with Crippen LogP contribution < -0.4 is 0 Å². The van der Waals surface area contributed by atoms with Crippen LogP contribution in [0.15, 0.2) is 23.5 Å². The number of halogens is 3. The first kappa shape index (κ1) is 26.0. The van der Waals surface area contributed by atoms with E-state index in [-0.39, 0.29) is 17.4 Å². The fourth-order valence-electron chi connectivity index (χ4n) is 5.52. The third kappa shape index (κ3) is 4.98. The smallest absolute Gasteiger partial charge is 0.194 e. The van der Waals surface area contributed by atoms with Crippen LogP contribution in [-0.2, 0) is 14.3 Å². The molecule has 1 aliphatic carbocycles. The number of nitrogens with zero attached hydrogens (tertiary/aromatic N) is 4. The average Bonchev–Trinajstić information content (AvgIpc) is 3.52. The number of methoxy groups -OCH3 is 1. The minimum Gasteiger partial charge on any atom is -0.394 e. The van der Waals surface area contributed by atoms with Crippen molar-refractivity contribution in [3.63, 3.8) is 0 Å². The standard InChI is InChI=1S/C24H29F3N4O6/c1-35-23-18(8-13-9-24(37-29-13)4-2-14(33)3-5-24)36-19(11-32)22(34)21(23)31-10-17(28-30-31)12-6-15(25)20(27)16(26)7-12/h6-7,10,14,18-19,21-23,32-34H,2-5,8-9,11H2,1H3/t14?,18-,19-,21+,22+,23+,24?/m1/s1. The van der Waals surface area contributed by atoms with Crippen molar-refractivity contribution >= 4 is 5.71 Å². The van der Waals surface area contributed by atoms with Crippen LogP contribution in [0.5, 0.6) is 0 Å². The molecule has 5 rings (SSSR count). The van der Waals surface area contributed by atoms with Crippen molar-refractivity contribution in [1.82, 2.24) is 15.0 Å². The maximum absolute atomic E-state index is 13.8. The number of rotatable bonds is 6. The molecule has 0 radical (unpaired) electrons. The molecule has 10 nitrogen and oxygen atoms in total. The second-order valence-electron chi connectivity index (χ2n) is 9.96. The van der Waals surface area contributed by atoms with Gasteiger partial charge in [0.15, 0.2) is 17.5 Å². The molecule has 1 aromatic carbocycles. The molecule has 3 heterocycles. The number of aliphatic hydroxyl groups is 3. The topological polar surface area (TPSA) is 131 Å². The number of aromatic nitrogens is 3. The molecule has 2 fully saturated rings. The normalized spacial score (nSPS) is 34.0. The van der Waals surface area contributed by atoms with E-state index in [9.17, 15) is 28.5 Å². The van der Waals surface area contributed by atoms with Gasteiger partial charge in [-0.2, -0.15) is 0 Å². The summed E-state index contributed by atoms with van der Waals surface area (Å²) >= 11 is 0. The lowest BCUT2D eigenvalue weighted by molar-refractivity contribution is -0.210. The predicted molar refractivity (Wildman–Crippen MR) is 122 cm³/mol. The highest BCUT2D eigenvalue weighted by molar-refractivity contribution is 5.86. The Labute approximate surface area is 210 Å². The highest BCUT2D eigenvalue weighted by atomic mass is 19.2. The quantitative estimate of drug-likeness (QED) is 0.487. The minimum atomic E-state index is -1.59. The first-order valence-corrected chi connectivity index (χ1v) is 12.2. The van der Waals surface area contributed by atoms with E-state index >= 15 is 0 Å². The molecular formula is C24H29F3N4O6. The molecule has 1 saturated carbocycles. The number of hydrogen-bond donors (Lipinski definition) is 3. The van der Waals surface area contributed by atoms with Crippen molar-refractivity contribution < 1.29 is 42.8 Å². The van der Waals surface area contributed by atoms with Gasteiger partial charge < -0.3 is 29.6 Å². The first-order chi connectivity index (χ1) is 17.7. The van der Waals surface area contributed by atoms with Crippen LogP contribution in [0.3, 0.4) is 0 Å². The summed E-state index contributed by atoms with van der Waals surface area (Å²) in [6.45, 7) is -0.481. The van der Waals surface area contributed by atoms with Crippen LogP contribution in [0, 0.1) is 17.5 Å². The largest absolute Gasteiger partial charge is 0.394 e. The second kappa shape index (κ2) is 10.3. The fraction of sp³-hybridized carbons (Fsp3) is 0.625. The second-order valence-corrected chi connectivity index (χ2v) is 9.96. The van der Waals surface area contributed by atoms with Gasteiger partial charge in [0.05, 0.1) is 30.7 Å². The van der Waals surface area contributed by atoms with Crippen molar-refractivity contribution in [2.24, 2.45) is 5.16 Å². The Morgan fingerprint density at radius 3 is 2.49 bits per heavy atom. The van der Waals surface area contributed by atoms with Gasteiger partial charge in [0.2, 0.25) is 0 Å². The van der Waals surface area contributed by atoms with E-state index in [0.717, 1.165) is 17.8 Å². The number of oxime groups is 1. The van der Waals surface area contributed by atoms with E-state index in [1.807, 2.05) is 0 Å². The molecule has 1 aromatic heterocycles. The van der Waals surface area contributed by atoms with Crippen molar-refractivity contribution in [2.75, 3.05) is 13.7 Å². The predicted octanol–water partition coefficient (Wildman–Crippen LogP) is 1.88. The van der Waals surface area contributed by atoms with Gasteiger partial charge in [-0.3, -0.25) is 0 Å². The SMILES string of the molecule is CO[C@@H]1[C@@H](n2cc(-c3cc(F)c(F)c(F)c3)nn2)[C@@H](O)[C@@H](CO)O[C@@H]1CC1=NOC2(CCC(O)CC2)C1. The van der Waals surface area contributed by atoms with Crippen molar-refractivity contribution in [1.29, 1.82) is 0 Å². The Morgan fingerprint density at radius 2 is 1.84 bits per heavy atom. The molecule has 1 saturated heterocycles. The summed E-state index contributed by atoms with van der Waals surface area (Å²) in [5.74, 6) is -4.32. The zero-order valence-electron chi connectivity index (χ0n) is 20.1. The van der Waals surface area contributed by atoms with Gasteiger partial charge in [-0.05, 0) is 37.8 Å². The van der Waals surface area contributed by atoms with Gasteiger partial charge in [0.25, 0.3) is 0 Å². The lowest BCUT2D eigenvalue weighted by Gasteiger charge is -2.43. The molecule has 1 spiro atoms. The van der Waals surface area contributed by atoms with E-state index < -0.39 is 60.1 Å². The summed E-state index contributed by atoms with van der Waals surface area (Å²) in [5.41, 5.74) is 0.320. The van der Waals surface area contributed by atoms with Crippen LogP contribution in [0.4, 0.5) is 13.2 Å². The van der Waals surface area contributed by atoms with Crippen LogP contribution >= 0.6 is 0 Å². The summed E-state index contributed by atoms with van der Waals surface area (Å²) in [7, 11) is 1.44. The molecule has 37 heavy (non-hydrogen) atoms. The van der Waals surface area contributed by atoms with Gasteiger partial charge in [-0.25, -0.2) is 17.9 Å². The van der Waals surface area contributed by atoms with Gasteiger partial charge in [-0.1, -0.05) is 10.4 Å². The molecule has 0 bridgehead atoms. The van der Waals surface area contributed by atoms with Crippen molar-refractivity contribution in [2.45, 2.75) is 80.7 Å². The summed E-state index contributed by atoms with van der Waals surface area (Å²) in [5, 5.41) is 43.0. The molecule has 0 unspecified atom stereocenters. The zero-order valence-corrected chi connectivity index (χ0v) is 20.1. The van der Waals surface area contributed by atoms with Crippen molar-refractivity contribution in [3.8, 4) is 11.3 Å². The van der Waals surface area contributed by atoms with E-state index in [1.54, 1.807) is 0 Å². The molecule has 2 aliphatic heterocycles. The minimum absolute atomic E-state index is 0.0335. The third-order valence-corrected chi connectivity index (χ3v) is 7.53. The Morgan fingerprint density at radius 1 is 1.14 bits per heavy atom. The van der Waals surface area contributed by atoms with Crippen LogP contribution in [0.1, 0.15) is 44.6 Å². The zero-order chi connectivity index (χ0) is 26.3. The molecule has 3 N–H and O–H groups in total. The van der Waals surface area contributed by atoms with E-state index in [2.05, 4.69) is 15.5 Å². The molecule has 2 aromatic rings. The average molecular weight is 527 g/mol. The summed E-state index contributed by atoms with van der Waals surface area (Å²) in [6.07, 6.45) is 0.925. The van der Waals surface area contributed by atoms with Crippen molar-refractivity contribution in [3.05, 3.63) is 35.8 Å². The maximum atomic E-state index is 13.8. The van der Waals surface area contributed by atoms with Crippen LogP contribution in [0.2, 0.25) is 0 Å². The lowest BCUT2D eigenvalue weighted by Crippen LogP contribution is -2.57. The molecule has 202 valence electrons. The van der Waals surface area contributed by atoms with Crippen LogP contribution in [-0.4, -0.2) is 85.9 Å². The highest BCUT2D eigenvalue weighted by Gasteiger charge is 2.49. The number of benzene rings is 1. The van der Waals surface area contributed by atoms with E-state index in [4.69, 9.17) is 14.3 Å². The Hall–Kier alpha value is -2.58. The van der Waals surface area contributed by atoms with Crippen LogP contribution in [0.25, 0.3) is 11.3 Å². The molecular weight excluding hydrogens is 497 g/mol. The molecule has 3 aliphatic rings. The number of hydrogen-bond acceptors (Lipinski definition) is 9. The summed E-state index contributed by atoms with van der Waals surface area (Å²) in [6, 6.07) is 0.732.